The average Bonchev–Trinajstić information content (AvgIpc) is 2.93. The van der Waals surface area contributed by atoms with Crippen LogP contribution in [0.3, 0.4) is 0 Å². The van der Waals surface area contributed by atoms with Gasteiger partial charge in [-0.05, 0) is 31.9 Å². The predicted octanol–water partition coefficient (Wildman–Crippen LogP) is 3.04. The van der Waals surface area contributed by atoms with Gasteiger partial charge >= 0.3 is 0 Å². The molecule has 0 aliphatic carbocycles. The zero-order chi connectivity index (χ0) is 15.2. The molecule has 0 atom stereocenters. The molecule has 1 N–H and O–H groups in total. The van der Waals surface area contributed by atoms with Crippen molar-refractivity contribution in [3.8, 4) is 5.75 Å². The number of para-hydroxylation sites is 1. The monoisotopic (exact) mass is 287 g/mol. The number of aromatic nitrogens is 2. The van der Waals surface area contributed by atoms with Gasteiger partial charge in [-0.25, -0.2) is 4.68 Å². The Hall–Kier alpha value is -2.30. The highest BCUT2D eigenvalue weighted by molar-refractivity contribution is 5.91. The van der Waals surface area contributed by atoms with Crippen LogP contribution in [-0.4, -0.2) is 22.3 Å². The number of nitrogens with zero attached hydrogens (tertiary/aromatic N) is 2. The fourth-order valence-corrected chi connectivity index (χ4v) is 2.08. The van der Waals surface area contributed by atoms with Crippen molar-refractivity contribution >= 4 is 11.7 Å². The normalized spacial score (nSPS) is 10.7. The number of aryl methyl sites for hydroxylation is 1. The van der Waals surface area contributed by atoms with Crippen molar-refractivity contribution in [2.75, 3.05) is 11.9 Å². The molecule has 1 amide bonds. The van der Waals surface area contributed by atoms with Crippen molar-refractivity contribution < 1.29 is 9.53 Å². The van der Waals surface area contributed by atoms with Crippen LogP contribution in [0.2, 0.25) is 0 Å². The van der Waals surface area contributed by atoms with Crippen LogP contribution in [0.5, 0.6) is 5.75 Å². The Morgan fingerprint density at radius 1 is 1.33 bits per heavy atom. The Balaban J connectivity index is 1.95. The van der Waals surface area contributed by atoms with E-state index in [1.165, 1.54) is 0 Å². The van der Waals surface area contributed by atoms with Gasteiger partial charge in [0.25, 0.3) is 5.91 Å². The minimum Gasteiger partial charge on any atom is -0.483 e. The van der Waals surface area contributed by atoms with E-state index in [2.05, 4.69) is 17.3 Å². The summed E-state index contributed by atoms with van der Waals surface area (Å²) >= 11 is 0. The molecule has 21 heavy (non-hydrogen) atoms. The maximum atomic E-state index is 12.0. The molecule has 1 heterocycles. The van der Waals surface area contributed by atoms with Crippen LogP contribution >= 0.6 is 0 Å². The molecule has 0 saturated carbocycles. The van der Waals surface area contributed by atoms with Crippen LogP contribution in [0.1, 0.15) is 32.4 Å². The Morgan fingerprint density at radius 2 is 2.10 bits per heavy atom. The van der Waals surface area contributed by atoms with Crippen LogP contribution in [0.4, 0.5) is 5.82 Å². The number of carbonyl (C=O) groups is 1. The van der Waals surface area contributed by atoms with Gasteiger partial charge in [0, 0.05) is 12.1 Å². The zero-order valence-electron chi connectivity index (χ0n) is 12.7. The number of nitrogens with one attached hydrogen (secondary N) is 1. The van der Waals surface area contributed by atoms with Crippen molar-refractivity contribution in [2.24, 2.45) is 0 Å². The Bertz CT molecular complexity index is 605. The van der Waals surface area contributed by atoms with Gasteiger partial charge in [-0.15, -0.1) is 0 Å². The van der Waals surface area contributed by atoms with E-state index in [1.54, 1.807) is 16.9 Å². The number of benzene rings is 1. The molecule has 0 bridgehead atoms. The van der Waals surface area contributed by atoms with Gasteiger partial charge in [0.05, 0.1) is 6.20 Å². The summed E-state index contributed by atoms with van der Waals surface area (Å²) in [5.74, 6) is 1.25. The number of amides is 1. The predicted molar refractivity (Wildman–Crippen MR) is 82.6 cm³/mol. The van der Waals surface area contributed by atoms with Crippen LogP contribution in [0.25, 0.3) is 0 Å². The number of rotatable bonds is 6. The second-order valence-electron chi connectivity index (χ2n) is 5.05. The Morgan fingerprint density at radius 3 is 2.81 bits per heavy atom. The third-order valence-electron chi connectivity index (χ3n) is 3.14. The van der Waals surface area contributed by atoms with Gasteiger partial charge in [-0.3, -0.25) is 4.79 Å². The molecule has 0 unspecified atom stereocenters. The SMILES string of the molecule is CCc1ccccc1OCC(=O)Nc1ccnn1C(C)C. The van der Waals surface area contributed by atoms with Gasteiger partial charge in [-0.2, -0.15) is 5.10 Å². The number of hydrogen-bond acceptors (Lipinski definition) is 3. The third kappa shape index (κ3) is 3.84. The first kappa shape index (κ1) is 15.1. The van der Waals surface area contributed by atoms with Gasteiger partial charge in [0.15, 0.2) is 6.61 Å². The summed E-state index contributed by atoms with van der Waals surface area (Å²) in [7, 11) is 0. The second-order valence-corrected chi connectivity index (χ2v) is 5.05. The van der Waals surface area contributed by atoms with E-state index in [4.69, 9.17) is 4.74 Å². The van der Waals surface area contributed by atoms with Crippen LogP contribution in [0.15, 0.2) is 36.5 Å². The molecular formula is C16H21N3O2. The minimum atomic E-state index is -0.191. The molecule has 5 heteroatoms. The third-order valence-corrected chi connectivity index (χ3v) is 3.14. The highest BCUT2D eigenvalue weighted by Crippen LogP contribution is 2.18. The van der Waals surface area contributed by atoms with E-state index >= 15 is 0 Å². The first-order valence-electron chi connectivity index (χ1n) is 7.16. The van der Waals surface area contributed by atoms with E-state index in [1.807, 2.05) is 38.1 Å². The standard InChI is InChI=1S/C16H21N3O2/c1-4-13-7-5-6-8-14(13)21-11-16(20)18-15-9-10-17-19(15)12(2)3/h5-10,12H,4,11H2,1-3H3,(H,18,20). The lowest BCUT2D eigenvalue weighted by atomic mass is 10.1. The van der Waals surface area contributed by atoms with Gasteiger partial charge < -0.3 is 10.1 Å². The van der Waals surface area contributed by atoms with Crippen molar-refractivity contribution in [3.63, 3.8) is 0 Å². The summed E-state index contributed by atoms with van der Waals surface area (Å²) < 4.78 is 7.36. The fourth-order valence-electron chi connectivity index (χ4n) is 2.08. The Kier molecular flexibility index (Phi) is 4.98. The molecule has 0 aliphatic rings. The van der Waals surface area contributed by atoms with Gasteiger partial charge in [-0.1, -0.05) is 25.1 Å². The van der Waals surface area contributed by atoms with Crippen LogP contribution in [-0.2, 0) is 11.2 Å². The summed E-state index contributed by atoms with van der Waals surface area (Å²) in [5.41, 5.74) is 1.09. The van der Waals surface area contributed by atoms with Crippen molar-refractivity contribution in [3.05, 3.63) is 42.1 Å². The van der Waals surface area contributed by atoms with Crippen molar-refractivity contribution in [2.45, 2.75) is 33.2 Å². The van der Waals surface area contributed by atoms with Crippen molar-refractivity contribution in [1.29, 1.82) is 0 Å². The lowest BCUT2D eigenvalue weighted by Gasteiger charge is -2.13. The smallest absolute Gasteiger partial charge is 0.263 e. The van der Waals surface area contributed by atoms with Gasteiger partial charge in [0.2, 0.25) is 0 Å². The van der Waals surface area contributed by atoms with Crippen LogP contribution in [0, 0.1) is 0 Å². The number of hydrogen-bond donors (Lipinski definition) is 1. The van der Waals surface area contributed by atoms with E-state index in [-0.39, 0.29) is 18.6 Å². The van der Waals surface area contributed by atoms with E-state index < -0.39 is 0 Å². The van der Waals surface area contributed by atoms with E-state index in [0.29, 0.717) is 5.82 Å². The van der Waals surface area contributed by atoms with E-state index in [9.17, 15) is 4.79 Å². The lowest BCUT2D eigenvalue weighted by Crippen LogP contribution is -2.22. The summed E-state index contributed by atoms with van der Waals surface area (Å²) in [6.07, 6.45) is 2.54. The highest BCUT2D eigenvalue weighted by Gasteiger charge is 2.10. The molecule has 2 aromatic rings. The number of anilines is 1. The minimum absolute atomic E-state index is 0.0136. The molecule has 0 aliphatic heterocycles. The quantitative estimate of drug-likeness (QED) is 0.888. The maximum absolute atomic E-state index is 12.0. The molecule has 0 saturated heterocycles. The first-order chi connectivity index (χ1) is 10.1. The zero-order valence-corrected chi connectivity index (χ0v) is 12.7. The topological polar surface area (TPSA) is 56.1 Å². The molecule has 5 nitrogen and oxygen atoms in total. The average molecular weight is 287 g/mol. The lowest BCUT2D eigenvalue weighted by molar-refractivity contribution is -0.118. The Labute approximate surface area is 124 Å². The number of carbonyl (C=O) groups excluding carboxylic acids is 1. The molecule has 0 fully saturated rings. The molecular weight excluding hydrogens is 266 g/mol. The molecule has 0 spiro atoms. The summed E-state index contributed by atoms with van der Waals surface area (Å²) in [6.45, 7) is 6.07. The number of ether oxygens (including phenoxy) is 1. The molecule has 1 aromatic carbocycles. The molecule has 112 valence electrons. The molecule has 1 aromatic heterocycles. The van der Waals surface area contributed by atoms with Gasteiger partial charge in [0.1, 0.15) is 11.6 Å². The summed E-state index contributed by atoms with van der Waals surface area (Å²) in [4.78, 5) is 12.0. The summed E-state index contributed by atoms with van der Waals surface area (Å²) in [5, 5.41) is 6.99. The molecule has 2 rings (SSSR count). The highest BCUT2D eigenvalue weighted by atomic mass is 16.5. The van der Waals surface area contributed by atoms with E-state index in [0.717, 1.165) is 17.7 Å². The maximum Gasteiger partial charge on any atom is 0.263 e. The fraction of sp³-hybridized carbons (Fsp3) is 0.375. The summed E-state index contributed by atoms with van der Waals surface area (Å²) in [6, 6.07) is 9.72. The first-order valence-corrected chi connectivity index (χ1v) is 7.16. The van der Waals surface area contributed by atoms with Crippen LogP contribution < -0.4 is 10.1 Å². The second kappa shape index (κ2) is 6.92. The van der Waals surface area contributed by atoms with Crippen molar-refractivity contribution in [1.82, 2.24) is 9.78 Å². The molecule has 0 radical (unpaired) electrons. The largest absolute Gasteiger partial charge is 0.483 e.